The van der Waals surface area contributed by atoms with Crippen molar-refractivity contribution in [1.29, 1.82) is 0 Å². The SMILES string of the molecule is CCc1cn2nc(C(C)(C)C)ccc2n1. The van der Waals surface area contributed by atoms with Gasteiger partial charge in [-0.3, -0.25) is 0 Å². The highest BCUT2D eigenvalue weighted by Gasteiger charge is 2.16. The summed E-state index contributed by atoms with van der Waals surface area (Å²) in [5.74, 6) is 0. The zero-order valence-electron chi connectivity index (χ0n) is 9.78. The summed E-state index contributed by atoms with van der Waals surface area (Å²) in [6.07, 6.45) is 2.96. The summed E-state index contributed by atoms with van der Waals surface area (Å²) in [7, 11) is 0. The van der Waals surface area contributed by atoms with Crippen molar-refractivity contribution in [3.63, 3.8) is 0 Å². The zero-order chi connectivity index (χ0) is 11.1. The van der Waals surface area contributed by atoms with E-state index in [1.165, 1.54) is 0 Å². The van der Waals surface area contributed by atoms with E-state index < -0.39 is 0 Å². The molecule has 0 radical (unpaired) electrons. The Labute approximate surface area is 90.1 Å². The molecule has 2 rings (SSSR count). The third-order valence-corrected chi connectivity index (χ3v) is 2.50. The number of hydrogen-bond acceptors (Lipinski definition) is 2. The molecule has 0 aliphatic heterocycles. The van der Waals surface area contributed by atoms with Gasteiger partial charge in [-0.1, -0.05) is 27.7 Å². The molecule has 0 spiro atoms. The van der Waals surface area contributed by atoms with Gasteiger partial charge < -0.3 is 0 Å². The highest BCUT2D eigenvalue weighted by Crippen LogP contribution is 2.19. The molecule has 80 valence electrons. The van der Waals surface area contributed by atoms with Crippen molar-refractivity contribution in [2.24, 2.45) is 0 Å². The lowest BCUT2D eigenvalue weighted by Gasteiger charge is -2.16. The van der Waals surface area contributed by atoms with E-state index in [1.807, 2.05) is 16.8 Å². The molecule has 3 heteroatoms. The van der Waals surface area contributed by atoms with E-state index in [9.17, 15) is 0 Å². The van der Waals surface area contributed by atoms with Crippen LogP contribution >= 0.6 is 0 Å². The van der Waals surface area contributed by atoms with Crippen LogP contribution in [0.25, 0.3) is 5.65 Å². The maximum Gasteiger partial charge on any atom is 0.153 e. The molecule has 0 amide bonds. The van der Waals surface area contributed by atoms with Crippen LogP contribution in [0.1, 0.15) is 39.1 Å². The Kier molecular flexibility index (Phi) is 2.25. The molecule has 0 saturated carbocycles. The van der Waals surface area contributed by atoms with E-state index in [4.69, 9.17) is 0 Å². The van der Waals surface area contributed by atoms with Crippen LogP contribution in [0, 0.1) is 0 Å². The third kappa shape index (κ3) is 1.87. The van der Waals surface area contributed by atoms with Crippen molar-refractivity contribution in [2.75, 3.05) is 0 Å². The molecule has 0 atom stereocenters. The second-order valence-electron chi connectivity index (χ2n) is 4.86. The van der Waals surface area contributed by atoms with Crippen LogP contribution < -0.4 is 0 Å². The van der Waals surface area contributed by atoms with E-state index in [0.29, 0.717) is 0 Å². The fourth-order valence-corrected chi connectivity index (χ4v) is 1.50. The minimum Gasteiger partial charge on any atom is -0.232 e. The summed E-state index contributed by atoms with van der Waals surface area (Å²) in [4.78, 5) is 4.45. The van der Waals surface area contributed by atoms with Crippen molar-refractivity contribution >= 4 is 5.65 Å². The summed E-state index contributed by atoms with van der Waals surface area (Å²) < 4.78 is 1.87. The molecule has 0 aromatic carbocycles. The highest BCUT2D eigenvalue weighted by atomic mass is 15.2. The Bertz CT molecular complexity index is 477. The molecule has 0 unspecified atom stereocenters. The van der Waals surface area contributed by atoms with Crippen LogP contribution in [0.3, 0.4) is 0 Å². The van der Waals surface area contributed by atoms with Crippen LogP contribution in [0.2, 0.25) is 0 Å². The average molecular weight is 203 g/mol. The molecule has 2 heterocycles. The van der Waals surface area contributed by atoms with Gasteiger partial charge in [0.15, 0.2) is 5.65 Å². The predicted octanol–water partition coefficient (Wildman–Crippen LogP) is 2.59. The first kappa shape index (κ1) is 10.1. The van der Waals surface area contributed by atoms with Crippen LogP contribution in [0.15, 0.2) is 18.3 Å². The number of fused-ring (bicyclic) bond motifs is 1. The maximum atomic E-state index is 4.57. The number of rotatable bonds is 1. The molecular formula is C12H17N3. The first-order valence-corrected chi connectivity index (χ1v) is 5.36. The van der Waals surface area contributed by atoms with E-state index in [0.717, 1.165) is 23.5 Å². The Balaban J connectivity index is 2.55. The zero-order valence-corrected chi connectivity index (χ0v) is 9.78. The lowest BCUT2D eigenvalue weighted by atomic mass is 9.92. The number of hydrogen-bond donors (Lipinski definition) is 0. The van der Waals surface area contributed by atoms with Crippen LogP contribution in [0.5, 0.6) is 0 Å². The third-order valence-electron chi connectivity index (χ3n) is 2.50. The molecule has 0 aliphatic rings. The molecule has 2 aromatic heterocycles. The Hall–Kier alpha value is -1.38. The van der Waals surface area contributed by atoms with Gasteiger partial charge in [-0.2, -0.15) is 5.10 Å². The van der Waals surface area contributed by atoms with E-state index in [2.05, 4.69) is 43.8 Å². The molecule has 3 nitrogen and oxygen atoms in total. The van der Waals surface area contributed by atoms with Gasteiger partial charge in [0.1, 0.15) is 0 Å². The largest absolute Gasteiger partial charge is 0.232 e. The molecule has 2 aromatic rings. The van der Waals surface area contributed by atoms with Crippen molar-refractivity contribution in [3.8, 4) is 0 Å². The Morgan fingerprint density at radius 1 is 1.27 bits per heavy atom. The topological polar surface area (TPSA) is 30.2 Å². The van der Waals surface area contributed by atoms with E-state index in [-0.39, 0.29) is 5.41 Å². The standard InChI is InChI=1S/C12H17N3/c1-5-9-8-15-11(13-9)7-6-10(14-15)12(2,3)4/h6-8H,5H2,1-4H3. The second kappa shape index (κ2) is 3.33. The van der Waals surface area contributed by atoms with Crippen molar-refractivity contribution < 1.29 is 0 Å². The van der Waals surface area contributed by atoms with Crippen LogP contribution in [0.4, 0.5) is 0 Å². The Morgan fingerprint density at radius 3 is 2.60 bits per heavy atom. The summed E-state index contributed by atoms with van der Waals surface area (Å²) in [6.45, 7) is 8.60. The van der Waals surface area contributed by atoms with Gasteiger partial charge in [-0.05, 0) is 18.6 Å². The number of nitrogens with zero attached hydrogens (tertiary/aromatic N) is 3. The minimum atomic E-state index is 0.0881. The predicted molar refractivity (Wildman–Crippen MR) is 61.1 cm³/mol. The van der Waals surface area contributed by atoms with Crippen molar-refractivity contribution in [2.45, 2.75) is 39.5 Å². The normalized spacial score (nSPS) is 12.3. The van der Waals surface area contributed by atoms with Gasteiger partial charge in [-0.15, -0.1) is 0 Å². The highest BCUT2D eigenvalue weighted by molar-refractivity contribution is 5.39. The molecular weight excluding hydrogens is 186 g/mol. The van der Waals surface area contributed by atoms with Gasteiger partial charge in [0.2, 0.25) is 0 Å². The quantitative estimate of drug-likeness (QED) is 0.713. The molecule has 0 aliphatic carbocycles. The minimum absolute atomic E-state index is 0.0881. The van der Waals surface area contributed by atoms with Crippen molar-refractivity contribution in [1.82, 2.24) is 14.6 Å². The molecule has 15 heavy (non-hydrogen) atoms. The van der Waals surface area contributed by atoms with Gasteiger partial charge >= 0.3 is 0 Å². The lowest BCUT2D eigenvalue weighted by Crippen LogP contribution is -2.15. The number of imidazole rings is 1. The lowest BCUT2D eigenvalue weighted by molar-refractivity contribution is 0.554. The Morgan fingerprint density at radius 2 is 2.00 bits per heavy atom. The fourth-order valence-electron chi connectivity index (χ4n) is 1.50. The summed E-state index contributed by atoms with van der Waals surface area (Å²) in [5.41, 5.74) is 3.20. The van der Waals surface area contributed by atoms with E-state index >= 15 is 0 Å². The molecule has 0 N–H and O–H groups in total. The molecule has 0 bridgehead atoms. The molecule has 0 saturated heterocycles. The monoisotopic (exact) mass is 203 g/mol. The van der Waals surface area contributed by atoms with Gasteiger partial charge in [0.05, 0.1) is 17.6 Å². The van der Waals surface area contributed by atoms with Crippen molar-refractivity contribution in [3.05, 3.63) is 29.7 Å². The van der Waals surface area contributed by atoms with Gasteiger partial charge in [0.25, 0.3) is 0 Å². The van der Waals surface area contributed by atoms with E-state index in [1.54, 1.807) is 0 Å². The van der Waals surface area contributed by atoms with Crippen LogP contribution in [-0.2, 0) is 11.8 Å². The van der Waals surface area contributed by atoms with Crippen LogP contribution in [-0.4, -0.2) is 14.6 Å². The summed E-state index contributed by atoms with van der Waals surface area (Å²) in [5, 5.41) is 4.57. The maximum absolute atomic E-state index is 4.57. The number of aromatic nitrogens is 3. The summed E-state index contributed by atoms with van der Waals surface area (Å²) >= 11 is 0. The first-order chi connectivity index (χ1) is 7.00. The first-order valence-electron chi connectivity index (χ1n) is 5.36. The molecule has 0 fully saturated rings. The second-order valence-corrected chi connectivity index (χ2v) is 4.86. The van der Waals surface area contributed by atoms with Gasteiger partial charge in [-0.25, -0.2) is 9.50 Å². The summed E-state index contributed by atoms with van der Waals surface area (Å²) in [6, 6.07) is 4.09. The smallest absolute Gasteiger partial charge is 0.153 e. The van der Waals surface area contributed by atoms with Gasteiger partial charge in [0, 0.05) is 5.41 Å². The number of aryl methyl sites for hydroxylation is 1. The average Bonchev–Trinajstić information content (AvgIpc) is 2.57. The fraction of sp³-hybridized carbons (Fsp3) is 0.500.